The van der Waals surface area contributed by atoms with E-state index in [2.05, 4.69) is 31.5 Å². The molecule has 1 aliphatic rings. The largest absolute Gasteiger partial charge is 0.466 e. The Hall–Kier alpha value is -2.44. The number of aromatic nitrogens is 5. The fourth-order valence-corrected chi connectivity index (χ4v) is 4.00. The van der Waals surface area contributed by atoms with Gasteiger partial charge in [-0.25, -0.2) is 4.98 Å². The zero-order valence-electron chi connectivity index (χ0n) is 13.9. The maximum absolute atomic E-state index is 11.8. The molecule has 3 heterocycles. The average Bonchev–Trinajstić information content (AvgIpc) is 3.24. The first-order valence-electron chi connectivity index (χ1n) is 8.50. The van der Waals surface area contributed by atoms with Crippen LogP contribution in [0.15, 0.2) is 18.5 Å². The van der Waals surface area contributed by atoms with Crippen LogP contribution in [-0.4, -0.2) is 37.1 Å². The van der Waals surface area contributed by atoms with E-state index >= 15 is 0 Å². The monoisotopic (exact) mass is 327 g/mol. The second-order valence-electron chi connectivity index (χ2n) is 6.65. The van der Waals surface area contributed by atoms with Gasteiger partial charge in [0.05, 0.1) is 18.3 Å². The number of rotatable bonds is 4. The van der Waals surface area contributed by atoms with Crippen LogP contribution in [0.5, 0.6) is 0 Å². The number of esters is 1. The minimum atomic E-state index is -0.0984. The molecule has 0 unspecified atom stereocenters. The predicted octanol–water partition coefficient (Wildman–Crippen LogP) is 2.69. The van der Waals surface area contributed by atoms with Gasteiger partial charge in [-0.05, 0) is 37.7 Å². The number of carbonyl (C=O) groups excluding carboxylic acids is 1. The third-order valence-corrected chi connectivity index (χ3v) is 5.04. The summed E-state index contributed by atoms with van der Waals surface area (Å²) in [5.41, 5.74) is 2.59. The number of ether oxygens (including phenoxy) is 1. The van der Waals surface area contributed by atoms with Gasteiger partial charge in [0.25, 0.3) is 0 Å². The fraction of sp³-hybridized carbons (Fsp3) is 0.529. The van der Waals surface area contributed by atoms with Crippen molar-refractivity contribution in [2.75, 3.05) is 6.61 Å². The number of H-pyrrole nitrogens is 1. The molecule has 7 heteroatoms. The van der Waals surface area contributed by atoms with Gasteiger partial charge in [0.2, 0.25) is 0 Å². The number of nitrogens with one attached hydrogen (secondary N) is 1. The number of aromatic amines is 1. The Bertz CT molecular complexity index is 884. The summed E-state index contributed by atoms with van der Waals surface area (Å²) < 4.78 is 7.19. The molecule has 1 fully saturated rings. The molecule has 0 saturated heterocycles. The van der Waals surface area contributed by atoms with Crippen molar-refractivity contribution in [3.63, 3.8) is 0 Å². The van der Waals surface area contributed by atoms with Gasteiger partial charge >= 0.3 is 5.97 Å². The second-order valence-corrected chi connectivity index (χ2v) is 6.65. The Kier molecular flexibility index (Phi) is 3.70. The van der Waals surface area contributed by atoms with Gasteiger partial charge in [-0.3, -0.25) is 9.20 Å². The van der Waals surface area contributed by atoms with Crippen LogP contribution in [0.2, 0.25) is 0 Å². The zero-order valence-corrected chi connectivity index (χ0v) is 13.9. The molecule has 1 N–H and O–H groups in total. The number of fused-ring (bicyclic) bond motifs is 3. The lowest BCUT2D eigenvalue weighted by atomic mass is 9.97. The Labute approximate surface area is 139 Å². The topological polar surface area (TPSA) is 85.2 Å². The van der Waals surface area contributed by atoms with Crippen LogP contribution in [-0.2, 0) is 9.53 Å². The first-order chi connectivity index (χ1) is 11.7. The summed E-state index contributed by atoms with van der Waals surface area (Å²) in [4.78, 5) is 19.3. The molecule has 7 nitrogen and oxygen atoms in total. The third kappa shape index (κ3) is 2.44. The molecular formula is C17H21N5O2. The van der Waals surface area contributed by atoms with E-state index in [-0.39, 0.29) is 5.97 Å². The smallest absolute Gasteiger partial charge is 0.306 e. The number of carbonyl (C=O) groups is 1. The van der Waals surface area contributed by atoms with Crippen molar-refractivity contribution in [3.05, 3.63) is 24.3 Å². The van der Waals surface area contributed by atoms with E-state index < -0.39 is 0 Å². The molecule has 1 saturated carbocycles. The van der Waals surface area contributed by atoms with Crippen LogP contribution in [0.1, 0.15) is 44.9 Å². The Balaban J connectivity index is 1.65. The van der Waals surface area contributed by atoms with Gasteiger partial charge in [-0.1, -0.05) is 6.92 Å². The molecular weight excluding hydrogens is 306 g/mol. The van der Waals surface area contributed by atoms with Crippen LogP contribution in [0.3, 0.4) is 0 Å². The van der Waals surface area contributed by atoms with Crippen molar-refractivity contribution >= 4 is 22.8 Å². The summed E-state index contributed by atoms with van der Waals surface area (Å²) in [6, 6.07) is 2.00. The highest BCUT2D eigenvalue weighted by molar-refractivity contribution is 5.74. The molecule has 0 radical (unpaired) electrons. The molecule has 0 bridgehead atoms. The maximum atomic E-state index is 11.8. The lowest BCUT2D eigenvalue weighted by molar-refractivity contribution is -0.144. The Morgan fingerprint density at radius 3 is 3.12 bits per heavy atom. The average molecular weight is 327 g/mol. The lowest BCUT2D eigenvalue weighted by Gasteiger charge is -2.13. The van der Waals surface area contributed by atoms with E-state index in [1.165, 1.54) is 0 Å². The van der Waals surface area contributed by atoms with Crippen LogP contribution >= 0.6 is 0 Å². The van der Waals surface area contributed by atoms with Gasteiger partial charge in [0.1, 0.15) is 5.82 Å². The normalized spacial score (nSPS) is 24.0. The number of hydrogen-bond donors (Lipinski definition) is 1. The molecule has 4 rings (SSSR count). The third-order valence-electron chi connectivity index (χ3n) is 5.04. The van der Waals surface area contributed by atoms with Crippen LogP contribution in [0.25, 0.3) is 16.8 Å². The number of hydrogen-bond acceptors (Lipinski definition) is 5. The highest BCUT2D eigenvalue weighted by Crippen LogP contribution is 2.44. The molecule has 0 spiro atoms. The first kappa shape index (κ1) is 15.1. The van der Waals surface area contributed by atoms with Crippen LogP contribution < -0.4 is 0 Å². The second kappa shape index (κ2) is 5.89. The van der Waals surface area contributed by atoms with Gasteiger partial charge < -0.3 is 9.72 Å². The van der Waals surface area contributed by atoms with E-state index in [0.29, 0.717) is 30.8 Å². The summed E-state index contributed by atoms with van der Waals surface area (Å²) >= 11 is 0. The first-order valence-corrected chi connectivity index (χ1v) is 8.50. The molecule has 3 atom stereocenters. The molecule has 3 aromatic rings. The predicted molar refractivity (Wildman–Crippen MR) is 88.5 cm³/mol. The highest BCUT2D eigenvalue weighted by Gasteiger charge is 2.36. The van der Waals surface area contributed by atoms with Crippen molar-refractivity contribution < 1.29 is 9.53 Å². The quantitative estimate of drug-likeness (QED) is 0.745. The van der Waals surface area contributed by atoms with Crippen LogP contribution in [0.4, 0.5) is 0 Å². The van der Waals surface area contributed by atoms with Crippen molar-refractivity contribution in [1.29, 1.82) is 0 Å². The lowest BCUT2D eigenvalue weighted by Crippen LogP contribution is -2.10. The summed E-state index contributed by atoms with van der Waals surface area (Å²) in [6.45, 7) is 4.51. The van der Waals surface area contributed by atoms with Crippen molar-refractivity contribution in [3.8, 4) is 0 Å². The minimum absolute atomic E-state index is 0.0984. The molecule has 24 heavy (non-hydrogen) atoms. The standard InChI is InChI=1S/C17H21N5O2/c1-3-24-15(23)8-11-6-10(2)12(7-11)17-21-20-14-9-19-16-13(22(14)17)4-5-18-16/h4-5,9-12,18H,3,6-8H2,1-2H3/t10-,11-,12+/m1/s1. The fourth-order valence-electron chi connectivity index (χ4n) is 4.00. The summed E-state index contributed by atoms with van der Waals surface area (Å²) in [5.74, 6) is 1.97. The molecule has 1 aliphatic carbocycles. The van der Waals surface area contributed by atoms with E-state index in [0.717, 1.165) is 35.5 Å². The highest BCUT2D eigenvalue weighted by atomic mass is 16.5. The van der Waals surface area contributed by atoms with E-state index in [1.54, 1.807) is 6.20 Å². The number of nitrogens with zero attached hydrogens (tertiary/aromatic N) is 4. The summed E-state index contributed by atoms with van der Waals surface area (Å²) in [7, 11) is 0. The Morgan fingerprint density at radius 1 is 1.42 bits per heavy atom. The van der Waals surface area contributed by atoms with Gasteiger partial charge in [0, 0.05) is 18.5 Å². The summed E-state index contributed by atoms with van der Waals surface area (Å²) in [6.07, 6.45) is 6.06. The van der Waals surface area contributed by atoms with Crippen molar-refractivity contribution in [2.45, 2.75) is 39.0 Å². The molecule has 0 aromatic carbocycles. The molecule has 0 amide bonds. The van der Waals surface area contributed by atoms with E-state index in [9.17, 15) is 4.79 Å². The van der Waals surface area contributed by atoms with Crippen LogP contribution in [0, 0.1) is 11.8 Å². The van der Waals surface area contributed by atoms with Crippen molar-refractivity contribution in [1.82, 2.24) is 24.6 Å². The van der Waals surface area contributed by atoms with Gasteiger partial charge in [-0.2, -0.15) is 0 Å². The van der Waals surface area contributed by atoms with Crippen molar-refractivity contribution in [2.24, 2.45) is 11.8 Å². The molecule has 0 aliphatic heterocycles. The van der Waals surface area contributed by atoms with Gasteiger partial charge in [-0.15, -0.1) is 10.2 Å². The zero-order chi connectivity index (χ0) is 16.7. The van der Waals surface area contributed by atoms with Gasteiger partial charge in [0.15, 0.2) is 11.3 Å². The minimum Gasteiger partial charge on any atom is -0.466 e. The molecule has 126 valence electrons. The maximum Gasteiger partial charge on any atom is 0.306 e. The molecule has 3 aromatic heterocycles. The van der Waals surface area contributed by atoms with E-state index in [4.69, 9.17) is 4.74 Å². The summed E-state index contributed by atoms with van der Waals surface area (Å²) in [5, 5.41) is 8.74. The Morgan fingerprint density at radius 2 is 2.29 bits per heavy atom. The SMILES string of the molecule is CCOC(=O)C[C@@H]1C[C@@H](C)[C@@H](c2nnc3cnc4[nH]ccc4n23)C1. The van der Waals surface area contributed by atoms with E-state index in [1.807, 2.05) is 19.2 Å².